The van der Waals surface area contributed by atoms with Gasteiger partial charge in [-0.25, -0.2) is 4.98 Å². The predicted molar refractivity (Wildman–Crippen MR) is 117 cm³/mol. The Morgan fingerprint density at radius 3 is 2.62 bits per heavy atom. The highest BCUT2D eigenvalue weighted by Crippen LogP contribution is 2.32. The average molecular weight is 387 g/mol. The predicted octanol–water partition coefficient (Wildman–Crippen LogP) is 4.58. The molecule has 4 aromatic rings. The molecule has 0 aliphatic rings. The molecule has 0 unspecified atom stereocenters. The van der Waals surface area contributed by atoms with Crippen LogP contribution < -0.4 is 5.32 Å². The first-order chi connectivity index (χ1) is 14.2. The van der Waals surface area contributed by atoms with Crippen molar-refractivity contribution in [2.45, 2.75) is 26.2 Å². The molecule has 0 saturated carbocycles. The second-order valence-corrected chi connectivity index (χ2v) is 7.36. The summed E-state index contributed by atoms with van der Waals surface area (Å²) in [5.74, 6) is -0.172. The van der Waals surface area contributed by atoms with Crippen molar-refractivity contribution in [3.05, 3.63) is 65.9 Å². The number of aromatic amines is 1. The molecule has 5 heteroatoms. The van der Waals surface area contributed by atoms with Gasteiger partial charge >= 0.3 is 0 Å². The van der Waals surface area contributed by atoms with Crippen LogP contribution in [0.4, 0.5) is 0 Å². The summed E-state index contributed by atoms with van der Waals surface area (Å²) in [4.78, 5) is 21.0. The lowest BCUT2D eigenvalue weighted by molar-refractivity contribution is 0.0948. The lowest BCUT2D eigenvalue weighted by atomic mass is 10.0. The van der Waals surface area contributed by atoms with Crippen LogP contribution >= 0.6 is 0 Å². The molecule has 0 atom stereocenters. The molecule has 0 aliphatic carbocycles. The van der Waals surface area contributed by atoms with Crippen molar-refractivity contribution in [1.82, 2.24) is 15.3 Å². The summed E-state index contributed by atoms with van der Waals surface area (Å²) in [6, 6.07) is 18.2. The van der Waals surface area contributed by atoms with Gasteiger partial charge in [-0.1, -0.05) is 48.0 Å². The number of benzene rings is 2. The van der Waals surface area contributed by atoms with E-state index in [4.69, 9.17) is 10.1 Å². The molecule has 0 spiro atoms. The highest BCUT2D eigenvalue weighted by atomic mass is 16.2. The Bertz CT molecular complexity index is 1150. The van der Waals surface area contributed by atoms with E-state index in [1.54, 1.807) is 0 Å². The number of carbonyl (C=O) groups excluding carboxylic acids is 1. The number of aryl methyl sites for hydroxylation is 1. The maximum atomic E-state index is 12.8. The number of amides is 1. The third-order valence-electron chi connectivity index (χ3n) is 5.17. The minimum atomic E-state index is -0.172. The standard InChI is InChI=1S/C24H25N3O2/c1-16-9-11-17(12-10-16)22-23-19(18-7-3-4-8-20(18)26-23)15-21(27-22)24(29)25-13-5-2-6-14-28/h3-4,7-12,15,26,28H,2,5-6,13-14H2,1H3,(H,25,29). The van der Waals surface area contributed by atoms with Gasteiger partial charge in [0.25, 0.3) is 5.91 Å². The number of nitrogens with one attached hydrogen (secondary N) is 2. The molecule has 0 radical (unpaired) electrons. The summed E-state index contributed by atoms with van der Waals surface area (Å²) < 4.78 is 0. The Hall–Kier alpha value is -3.18. The molecular weight excluding hydrogens is 362 g/mol. The Labute approximate surface area is 169 Å². The van der Waals surface area contributed by atoms with Crippen LogP contribution in [0.3, 0.4) is 0 Å². The second-order valence-electron chi connectivity index (χ2n) is 7.36. The van der Waals surface area contributed by atoms with Gasteiger partial charge < -0.3 is 15.4 Å². The number of aliphatic hydroxyl groups excluding tert-OH is 1. The van der Waals surface area contributed by atoms with E-state index in [1.165, 1.54) is 5.56 Å². The summed E-state index contributed by atoms with van der Waals surface area (Å²) in [6.07, 6.45) is 2.49. The molecule has 0 saturated heterocycles. The van der Waals surface area contributed by atoms with Gasteiger partial charge in [-0.3, -0.25) is 4.79 Å². The van der Waals surface area contributed by atoms with Crippen LogP contribution in [-0.4, -0.2) is 34.1 Å². The molecular formula is C24H25N3O2. The van der Waals surface area contributed by atoms with Crippen molar-refractivity contribution >= 4 is 27.7 Å². The number of pyridine rings is 1. The van der Waals surface area contributed by atoms with Crippen molar-refractivity contribution < 1.29 is 9.90 Å². The number of carbonyl (C=O) groups is 1. The van der Waals surface area contributed by atoms with Crippen LogP contribution in [0.2, 0.25) is 0 Å². The maximum Gasteiger partial charge on any atom is 0.269 e. The summed E-state index contributed by atoms with van der Waals surface area (Å²) in [5, 5.41) is 13.9. The van der Waals surface area contributed by atoms with E-state index in [1.807, 2.05) is 36.4 Å². The third kappa shape index (κ3) is 4.00. The van der Waals surface area contributed by atoms with Gasteiger partial charge in [-0.15, -0.1) is 0 Å². The minimum absolute atomic E-state index is 0.172. The number of H-pyrrole nitrogens is 1. The Morgan fingerprint density at radius 2 is 1.83 bits per heavy atom. The Balaban J connectivity index is 1.76. The van der Waals surface area contributed by atoms with Crippen molar-refractivity contribution in [2.24, 2.45) is 0 Å². The number of aliphatic hydroxyl groups is 1. The molecule has 29 heavy (non-hydrogen) atoms. The molecule has 0 bridgehead atoms. The molecule has 0 aliphatic heterocycles. The Morgan fingerprint density at radius 1 is 1.03 bits per heavy atom. The smallest absolute Gasteiger partial charge is 0.269 e. The lowest BCUT2D eigenvalue weighted by Crippen LogP contribution is -2.25. The van der Waals surface area contributed by atoms with Crippen LogP contribution in [0.25, 0.3) is 33.1 Å². The number of rotatable bonds is 7. The highest BCUT2D eigenvalue weighted by Gasteiger charge is 2.16. The number of fused-ring (bicyclic) bond motifs is 3. The van der Waals surface area contributed by atoms with E-state index in [-0.39, 0.29) is 12.5 Å². The van der Waals surface area contributed by atoms with Gasteiger partial charge in [0.2, 0.25) is 0 Å². The largest absolute Gasteiger partial charge is 0.396 e. The van der Waals surface area contributed by atoms with Gasteiger partial charge in [0.05, 0.1) is 11.2 Å². The fraction of sp³-hybridized carbons (Fsp3) is 0.250. The Kier molecular flexibility index (Phi) is 5.58. The van der Waals surface area contributed by atoms with Crippen LogP contribution in [0.15, 0.2) is 54.6 Å². The zero-order chi connectivity index (χ0) is 20.2. The van der Waals surface area contributed by atoms with Crippen molar-refractivity contribution in [1.29, 1.82) is 0 Å². The third-order valence-corrected chi connectivity index (χ3v) is 5.17. The second kappa shape index (κ2) is 8.45. The molecule has 1 amide bonds. The number of para-hydroxylation sites is 1. The fourth-order valence-corrected chi connectivity index (χ4v) is 3.59. The quantitative estimate of drug-likeness (QED) is 0.406. The molecule has 0 fully saturated rings. The summed E-state index contributed by atoms with van der Waals surface area (Å²) >= 11 is 0. The topological polar surface area (TPSA) is 78.0 Å². The molecule has 2 heterocycles. The zero-order valence-electron chi connectivity index (χ0n) is 16.5. The highest BCUT2D eigenvalue weighted by molar-refractivity contribution is 6.13. The first kappa shape index (κ1) is 19.2. The van der Waals surface area contributed by atoms with E-state index in [0.717, 1.165) is 52.3 Å². The molecule has 4 rings (SSSR count). The van der Waals surface area contributed by atoms with Gasteiger partial charge in [0, 0.05) is 35.0 Å². The SMILES string of the molecule is Cc1ccc(-c2nc(C(=O)NCCCCCO)cc3c2[nH]c2ccccc23)cc1. The minimum Gasteiger partial charge on any atom is -0.396 e. The van der Waals surface area contributed by atoms with E-state index >= 15 is 0 Å². The van der Waals surface area contributed by atoms with E-state index in [2.05, 4.69) is 35.4 Å². The molecule has 5 nitrogen and oxygen atoms in total. The first-order valence-electron chi connectivity index (χ1n) is 10.0. The van der Waals surface area contributed by atoms with Crippen molar-refractivity contribution in [3.63, 3.8) is 0 Å². The molecule has 148 valence electrons. The van der Waals surface area contributed by atoms with E-state index in [0.29, 0.717) is 12.2 Å². The lowest BCUT2D eigenvalue weighted by Gasteiger charge is -2.09. The van der Waals surface area contributed by atoms with Crippen LogP contribution in [0.1, 0.15) is 35.3 Å². The number of hydrogen-bond acceptors (Lipinski definition) is 3. The zero-order valence-corrected chi connectivity index (χ0v) is 16.5. The summed E-state index contributed by atoms with van der Waals surface area (Å²) in [6.45, 7) is 2.81. The monoisotopic (exact) mass is 387 g/mol. The van der Waals surface area contributed by atoms with Crippen LogP contribution in [0, 0.1) is 6.92 Å². The summed E-state index contributed by atoms with van der Waals surface area (Å²) in [5.41, 5.74) is 5.32. The van der Waals surface area contributed by atoms with Crippen LogP contribution in [0.5, 0.6) is 0 Å². The fourth-order valence-electron chi connectivity index (χ4n) is 3.59. The number of unbranched alkanes of at least 4 members (excludes halogenated alkanes) is 2. The average Bonchev–Trinajstić information content (AvgIpc) is 3.12. The molecule has 2 aromatic carbocycles. The normalized spacial score (nSPS) is 11.2. The van der Waals surface area contributed by atoms with Crippen LogP contribution in [-0.2, 0) is 0 Å². The number of nitrogens with zero attached hydrogens (tertiary/aromatic N) is 1. The summed E-state index contributed by atoms with van der Waals surface area (Å²) in [7, 11) is 0. The van der Waals surface area contributed by atoms with Gasteiger partial charge in [0.1, 0.15) is 5.69 Å². The van der Waals surface area contributed by atoms with Gasteiger partial charge in [-0.05, 0) is 38.3 Å². The van der Waals surface area contributed by atoms with Crippen molar-refractivity contribution in [2.75, 3.05) is 13.2 Å². The molecule has 3 N–H and O–H groups in total. The maximum absolute atomic E-state index is 12.8. The first-order valence-corrected chi connectivity index (χ1v) is 10.0. The number of aromatic nitrogens is 2. The van der Waals surface area contributed by atoms with Gasteiger partial charge in [-0.2, -0.15) is 0 Å². The van der Waals surface area contributed by atoms with Crippen molar-refractivity contribution in [3.8, 4) is 11.3 Å². The number of hydrogen-bond donors (Lipinski definition) is 3. The van der Waals surface area contributed by atoms with Gasteiger partial charge in [0.15, 0.2) is 0 Å². The van der Waals surface area contributed by atoms with E-state index < -0.39 is 0 Å². The molecule has 2 aromatic heterocycles. The van der Waals surface area contributed by atoms with E-state index in [9.17, 15) is 4.79 Å².